The summed E-state index contributed by atoms with van der Waals surface area (Å²) in [6, 6.07) is 6.18. The minimum atomic E-state index is -4.01. The van der Waals surface area contributed by atoms with E-state index in [4.69, 9.17) is 37.7 Å². The SMILES string of the molecule is CC(=O)OCC(OC(C)=O)[C@H]1O[C@@H](C)[C@H](OC(C)=O)[C@H]1OC(C)=O.Cc1ccc(S(=O)(=O)O[C@@H]2[C@@H](O)[C@H](C)O[C@@H]2CO)cc1. The van der Waals surface area contributed by atoms with E-state index in [2.05, 4.69) is 0 Å². The highest BCUT2D eigenvalue weighted by atomic mass is 32.2. The van der Waals surface area contributed by atoms with E-state index in [-0.39, 0.29) is 11.5 Å². The molecule has 3 rings (SSSR count). The van der Waals surface area contributed by atoms with E-state index in [0.717, 1.165) is 5.56 Å². The monoisotopic (exact) mass is 648 g/mol. The van der Waals surface area contributed by atoms with Crippen molar-refractivity contribution in [3.63, 3.8) is 0 Å². The van der Waals surface area contributed by atoms with Crippen molar-refractivity contribution < 1.29 is 70.4 Å². The van der Waals surface area contributed by atoms with E-state index >= 15 is 0 Å². The summed E-state index contributed by atoms with van der Waals surface area (Å²) in [5, 5.41) is 19.1. The van der Waals surface area contributed by atoms with Crippen LogP contribution in [0.5, 0.6) is 0 Å². The van der Waals surface area contributed by atoms with E-state index in [9.17, 15) is 32.7 Å². The van der Waals surface area contributed by atoms with Gasteiger partial charge in [-0.1, -0.05) is 17.7 Å². The van der Waals surface area contributed by atoms with Crippen molar-refractivity contribution in [3.8, 4) is 0 Å². The number of rotatable bonds is 10. The van der Waals surface area contributed by atoms with Gasteiger partial charge in [-0.05, 0) is 32.9 Å². The lowest BCUT2D eigenvalue weighted by Crippen LogP contribution is -2.46. The third-order valence-electron chi connectivity index (χ3n) is 6.52. The number of carbonyl (C=O) groups excluding carboxylic acids is 4. The second-order valence-corrected chi connectivity index (χ2v) is 11.9. The average Bonchev–Trinajstić information content (AvgIpc) is 3.36. The standard InChI is InChI=1S/C15H22O9.C13H18O6S/c1-7-13(23-10(4)18)15(24-11(5)19)14(21-7)12(22-9(3)17)6-20-8(2)16;1-8-3-5-10(6-4-8)20(16,17)19-13-11(7-14)18-9(2)12(13)15/h7,12-15H,6H2,1-5H3;3-6,9,11-15H,7H2,1-2H3/t7-,12?,13-,14+,15+;9-,11+,12-,13-/m00/s1. The minimum Gasteiger partial charge on any atom is -0.462 e. The third-order valence-corrected chi connectivity index (χ3v) is 7.85. The van der Waals surface area contributed by atoms with E-state index in [1.165, 1.54) is 39.8 Å². The minimum absolute atomic E-state index is 0.00606. The number of benzene rings is 1. The van der Waals surface area contributed by atoms with Gasteiger partial charge in [0.05, 0.1) is 23.7 Å². The maximum atomic E-state index is 12.1. The molecule has 2 fully saturated rings. The summed E-state index contributed by atoms with van der Waals surface area (Å²) in [6.07, 6.45) is -8.11. The Balaban J connectivity index is 0.000000311. The van der Waals surface area contributed by atoms with Crippen molar-refractivity contribution in [2.75, 3.05) is 13.2 Å². The number of hydrogen-bond acceptors (Lipinski definition) is 15. The van der Waals surface area contributed by atoms with Crippen LogP contribution in [0.25, 0.3) is 0 Å². The van der Waals surface area contributed by atoms with Gasteiger partial charge in [0.2, 0.25) is 0 Å². The van der Waals surface area contributed by atoms with E-state index in [1.807, 2.05) is 6.92 Å². The normalized spacial score (nSPS) is 28.7. The molecule has 0 radical (unpaired) electrons. The molecule has 0 bridgehead atoms. The Morgan fingerprint density at radius 3 is 1.91 bits per heavy atom. The molecule has 16 heteroatoms. The van der Waals surface area contributed by atoms with Gasteiger partial charge < -0.3 is 38.6 Å². The van der Waals surface area contributed by atoms with Crippen LogP contribution in [0.15, 0.2) is 29.2 Å². The van der Waals surface area contributed by atoms with Gasteiger partial charge >= 0.3 is 23.9 Å². The number of ether oxygens (including phenoxy) is 6. The first-order chi connectivity index (χ1) is 20.5. The van der Waals surface area contributed by atoms with Crippen molar-refractivity contribution in [1.82, 2.24) is 0 Å². The highest BCUT2D eigenvalue weighted by molar-refractivity contribution is 7.86. The lowest BCUT2D eigenvalue weighted by Gasteiger charge is -2.27. The van der Waals surface area contributed by atoms with Gasteiger partial charge in [0.1, 0.15) is 31.0 Å². The van der Waals surface area contributed by atoms with Crippen LogP contribution in [-0.2, 0) is 61.9 Å². The summed E-state index contributed by atoms with van der Waals surface area (Å²) in [4.78, 5) is 45.0. The molecule has 0 saturated carbocycles. The van der Waals surface area contributed by atoms with Gasteiger partial charge in [0.25, 0.3) is 10.1 Å². The van der Waals surface area contributed by atoms with Crippen LogP contribution in [0.1, 0.15) is 47.1 Å². The zero-order valence-electron chi connectivity index (χ0n) is 25.5. The second kappa shape index (κ2) is 16.2. The largest absolute Gasteiger partial charge is 0.462 e. The van der Waals surface area contributed by atoms with Gasteiger partial charge in [-0.25, -0.2) is 0 Å². The molecule has 44 heavy (non-hydrogen) atoms. The predicted octanol–water partition coefficient (Wildman–Crippen LogP) is 0.341. The van der Waals surface area contributed by atoms with Crippen molar-refractivity contribution in [3.05, 3.63) is 29.8 Å². The molecular formula is C28H40O15S. The molecule has 1 unspecified atom stereocenters. The Bertz CT molecular complexity index is 1250. The highest BCUT2D eigenvalue weighted by Crippen LogP contribution is 2.31. The summed E-state index contributed by atoms with van der Waals surface area (Å²) in [6.45, 7) is 9.15. The van der Waals surface area contributed by atoms with E-state index < -0.39 is 95.5 Å². The molecule has 2 N–H and O–H groups in total. The summed E-state index contributed by atoms with van der Waals surface area (Å²) >= 11 is 0. The van der Waals surface area contributed by atoms with Crippen LogP contribution in [-0.4, -0.2) is 111 Å². The maximum Gasteiger partial charge on any atom is 0.303 e. The van der Waals surface area contributed by atoms with Crippen molar-refractivity contribution in [2.24, 2.45) is 0 Å². The Morgan fingerprint density at radius 1 is 0.841 bits per heavy atom. The molecule has 0 amide bonds. The molecular weight excluding hydrogens is 608 g/mol. The number of aryl methyl sites for hydroxylation is 1. The van der Waals surface area contributed by atoms with Crippen LogP contribution in [0.3, 0.4) is 0 Å². The van der Waals surface area contributed by atoms with Gasteiger partial charge in [-0.15, -0.1) is 0 Å². The van der Waals surface area contributed by atoms with Gasteiger partial charge in [0.15, 0.2) is 18.3 Å². The molecule has 0 aromatic heterocycles. The first kappa shape index (κ1) is 37.0. The molecule has 248 valence electrons. The van der Waals surface area contributed by atoms with Gasteiger partial charge in [-0.3, -0.25) is 23.4 Å². The maximum absolute atomic E-state index is 12.1. The quantitative estimate of drug-likeness (QED) is 0.199. The Labute approximate surface area is 255 Å². The lowest BCUT2D eigenvalue weighted by atomic mass is 10.0. The second-order valence-electron chi connectivity index (χ2n) is 10.3. The summed E-state index contributed by atoms with van der Waals surface area (Å²) in [7, 11) is -4.01. The summed E-state index contributed by atoms with van der Waals surface area (Å²) < 4.78 is 60.6. The van der Waals surface area contributed by atoms with Gasteiger partial charge in [0, 0.05) is 27.7 Å². The molecule has 1 aromatic carbocycles. The van der Waals surface area contributed by atoms with Crippen LogP contribution >= 0.6 is 0 Å². The topological polar surface area (TPSA) is 207 Å². The van der Waals surface area contributed by atoms with Crippen LogP contribution in [0, 0.1) is 6.92 Å². The number of aliphatic hydroxyl groups excluding tert-OH is 2. The lowest BCUT2D eigenvalue weighted by molar-refractivity contribution is -0.176. The van der Waals surface area contributed by atoms with Crippen LogP contribution in [0.2, 0.25) is 0 Å². The number of aliphatic hydroxyl groups is 2. The van der Waals surface area contributed by atoms with Crippen LogP contribution < -0.4 is 0 Å². The summed E-state index contributed by atoms with van der Waals surface area (Å²) in [5.74, 6) is -2.38. The fourth-order valence-corrected chi connectivity index (χ4v) is 5.65. The predicted molar refractivity (Wildman–Crippen MR) is 148 cm³/mol. The Hall–Kier alpha value is -3.15. The number of carbonyl (C=O) groups is 4. The first-order valence-electron chi connectivity index (χ1n) is 13.7. The summed E-state index contributed by atoms with van der Waals surface area (Å²) in [5.41, 5.74) is 0.926. The number of hydrogen-bond donors (Lipinski definition) is 2. The van der Waals surface area contributed by atoms with Gasteiger partial charge in [-0.2, -0.15) is 8.42 Å². The smallest absolute Gasteiger partial charge is 0.303 e. The molecule has 0 aliphatic carbocycles. The number of esters is 4. The Morgan fingerprint density at radius 2 is 1.41 bits per heavy atom. The van der Waals surface area contributed by atoms with Crippen molar-refractivity contribution in [1.29, 1.82) is 0 Å². The highest BCUT2D eigenvalue weighted by Gasteiger charge is 2.51. The molecule has 9 atom stereocenters. The van der Waals surface area contributed by atoms with Crippen molar-refractivity contribution in [2.45, 2.75) is 108 Å². The zero-order valence-corrected chi connectivity index (χ0v) is 26.3. The molecule has 1 aromatic rings. The first-order valence-corrected chi connectivity index (χ1v) is 15.1. The zero-order chi connectivity index (χ0) is 33.4. The average molecular weight is 649 g/mol. The molecule has 0 spiro atoms. The molecule has 2 saturated heterocycles. The molecule has 2 aliphatic rings. The fraction of sp³-hybridized carbons (Fsp3) is 0.643. The fourth-order valence-electron chi connectivity index (χ4n) is 4.54. The van der Waals surface area contributed by atoms with E-state index in [1.54, 1.807) is 26.0 Å². The molecule has 2 aliphatic heterocycles. The molecule has 15 nitrogen and oxygen atoms in total. The molecule has 2 heterocycles. The van der Waals surface area contributed by atoms with Crippen molar-refractivity contribution >= 4 is 34.0 Å². The van der Waals surface area contributed by atoms with E-state index in [0.29, 0.717) is 0 Å². The van der Waals surface area contributed by atoms with Crippen LogP contribution in [0.4, 0.5) is 0 Å². The Kier molecular flexibility index (Phi) is 13.7. The third kappa shape index (κ3) is 10.5.